The third-order valence-corrected chi connectivity index (χ3v) is 1.63. The Labute approximate surface area is 71.7 Å². The summed E-state index contributed by atoms with van der Waals surface area (Å²) in [5.41, 5.74) is 10.5. The second kappa shape index (κ2) is 4.54. The summed E-state index contributed by atoms with van der Waals surface area (Å²) in [5, 5.41) is 0. The average molecular weight is 181 g/mol. The van der Waals surface area contributed by atoms with E-state index in [1.165, 1.54) is 0 Å². The zero-order chi connectivity index (χ0) is 7.56. The predicted molar refractivity (Wildman–Crippen MR) is 43.4 cm³/mol. The highest BCUT2D eigenvalue weighted by Crippen LogP contribution is 2.10. The van der Waals surface area contributed by atoms with Crippen molar-refractivity contribution < 1.29 is 9.53 Å². The van der Waals surface area contributed by atoms with Gasteiger partial charge in [0.05, 0.1) is 6.61 Å². The lowest BCUT2D eigenvalue weighted by molar-refractivity contribution is -0.132. The number of nitrogens with two attached hydrogens (primary N) is 2. The minimum absolute atomic E-state index is 0. The highest BCUT2D eigenvalue weighted by atomic mass is 35.5. The Morgan fingerprint density at radius 1 is 1.45 bits per heavy atom. The molecule has 1 rings (SSSR count). The van der Waals surface area contributed by atoms with Crippen molar-refractivity contribution in [2.24, 2.45) is 11.5 Å². The van der Waals surface area contributed by atoms with Gasteiger partial charge in [-0.3, -0.25) is 4.79 Å². The molecule has 0 aromatic carbocycles. The summed E-state index contributed by atoms with van der Waals surface area (Å²) in [5.74, 6) is -0.382. The zero-order valence-corrected chi connectivity index (χ0v) is 6.97. The fourth-order valence-corrected chi connectivity index (χ4v) is 0.996. The van der Waals surface area contributed by atoms with Gasteiger partial charge in [0.15, 0.2) is 0 Å². The number of ether oxygens (including phenoxy) is 1. The van der Waals surface area contributed by atoms with Crippen LogP contribution in [0.3, 0.4) is 0 Å². The second-order valence-corrected chi connectivity index (χ2v) is 2.56. The topological polar surface area (TPSA) is 78.3 Å². The van der Waals surface area contributed by atoms with Crippen molar-refractivity contribution >= 4 is 18.3 Å². The lowest BCUT2D eigenvalue weighted by Crippen LogP contribution is -2.41. The number of rotatable bonds is 1. The van der Waals surface area contributed by atoms with Gasteiger partial charge in [0.25, 0.3) is 0 Å². The van der Waals surface area contributed by atoms with E-state index in [2.05, 4.69) is 0 Å². The number of halogens is 1. The predicted octanol–water partition coefficient (Wildman–Crippen LogP) is -0.600. The molecular weight excluding hydrogens is 168 g/mol. The summed E-state index contributed by atoms with van der Waals surface area (Å²) in [4.78, 5) is 10.5. The fourth-order valence-electron chi connectivity index (χ4n) is 0.996. The van der Waals surface area contributed by atoms with E-state index in [4.69, 9.17) is 16.2 Å². The molecule has 0 aliphatic carbocycles. The van der Waals surface area contributed by atoms with Crippen LogP contribution in [0.2, 0.25) is 0 Å². The highest BCUT2D eigenvalue weighted by Gasteiger charge is 2.22. The van der Waals surface area contributed by atoms with Gasteiger partial charge >= 0.3 is 0 Å². The summed E-state index contributed by atoms with van der Waals surface area (Å²) < 4.78 is 5.05. The van der Waals surface area contributed by atoms with Crippen LogP contribution in [0.25, 0.3) is 0 Å². The van der Waals surface area contributed by atoms with Crippen molar-refractivity contribution in [2.45, 2.75) is 25.0 Å². The van der Waals surface area contributed by atoms with Crippen LogP contribution >= 0.6 is 12.4 Å². The van der Waals surface area contributed by atoms with E-state index in [-0.39, 0.29) is 24.4 Å². The Balaban J connectivity index is 0.000001000. The van der Waals surface area contributed by atoms with Gasteiger partial charge in [-0.25, -0.2) is 0 Å². The monoisotopic (exact) mass is 180 g/mol. The number of hydrogen-bond donors (Lipinski definition) is 2. The molecule has 0 saturated carbocycles. The van der Waals surface area contributed by atoms with Gasteiger partial charge in [0, 0.05) is 6.04 Å². The first-order chi connectivity index (χ1) is 4.70. The maximum absolute atomic E-state index is 10.5. The van der Waals surface area contributed by atoms with Crippen LogP contribution in [0.4, 0.5) is 0 Å². The molecule has 4 nitrogen and oxygen atoms in total. The van der Waals surface area contributed by atoms with Crippen molar-refractivity contribution in [1.29, 1.82) is 0 Å². The van der Waals surface area contributed by atoms with Gasteiger partial charge in [-0.05, 0) is 12.8 Å². The highest BCUT2D eigenvalue weighted by molar-refractivity contribution is 5.85. The molecule has 1 amide bonds. The van der Waals surface area contributed by atoms with Crippen LogP contribution < -0.4 is 11.5 Å². The smallest absolute Gasteiger partial charge is 0.246 e. The molecule has 1 heterocycles. The van der Waals surface area contributed by atoms with Crippen molar-refractivity contribution in [3.63, 3.8) is 0 Å². The second-order valence-electron chi connectivity index (χ2n) is 2.56. The largest absolute Gasteiger partial charge is 0.367 e. The van der Waals surface area contributed by atoms with E-state index in [0.29, 0.717) is 13.0 Å². The maximum Gasteiger partial charge on any atom is 0.246 e. The number of carbonyl (C=O) groups is 1. The molecule has 0 unspecified atom stereocenters. The fraction of sp³-hybridized carbons (Fsp3) is 0.833. The summed E-state index contributed by atoms with van der Waals surface area (Å²) in [6, 6.07) is 0.0793. The first-order valence-corrected chi connectivity index (χ1v) is 3.36. The van der Waals surface area contributed by atoms with Crippen LogP contribution in [0.5, 0.6) is 0 Å². The molecule has 0 aromatic heterocycles. The standard InChI is InChI=1S/C6H12N2O2.ClH/c7-4-1-2-5(6(8)9)10-3-4;/h4-5H,1-3,7H2,(H2,8,9);1H/t4-,5+;/m1./s1. The molecule has 2 atom stereocenters. The van der Waals surface area contributed by atoms with Gasteiger partial charge in [0.1, 0.15) is 6.10 Å². The Morgan fingerprint density at radius 2 is 2.09 bits per heavy atom. The molecule has 0 spiro atoms. The SMILES string of the molecule is Cl.NC(=O)[C@@H]1CC[C@@H](N)CO1. The maximum atomic E-state index is 10.5. The summed E-state index contributed by atoms with van der Waals surface area (Å²) in [6.45, 7) is 0.452. The zero-order valence-electron chi connectivity index (χ0n) is 6.16. The number of primary amides is 1. The van der Waals surface area contributed by atoms with Gasteiger partial charge in [-0.2, -0.15) is 0 Å². The number of hydrogen-bond acceptors (Lipinski definition) is 3. The quantitative estimate of drug-likeness (QED) is 0.566. The Hall–Kier alpha value is -0.320. The normalized spacial score (nSPS) is 30.6. The Morgan fingerprint density at radius 3 is 2.45 bits per heavy atom. The first kappa shape index (κ1) is 10.7. The van der Waals surface area contributed by atoms with Gasteiger partial charge in [-0.15, -0.1) is 12.4 Å². The van der Waals surface area contributed by atoms with Crippen LogP contribution in [-0.2, 0) is 9.53 Å². The van der Waals surface area contributed by atoms with E-state index in [1.807, 2.05) is 0 Å². The molecule has 0 bridgehead atoms. The summed E-state index contributed by atoms with van der Waals surface area (Å²) in [6.07, 6.45) is 1.09. The van der Waals surface area contributed by atoms with Crippen LogP contribution in [0.1, 0.15) is 12.8 Å². The number of amides is 1. The lowest BCUT2D eigenvalue weighted by atomic mass is 10.1. The third kappa shape index (κ3) is 3.05. The Bertz CT molecular complexity index is 135. The van der Waals surface area contributed by atoms with Crippen molar-refractivity contribution in [2.75, 3.05) is 6.61 Å². The summed E-state index contributed by atoms with van der Waals surface area (Å²) >= 11 is 0. The molecule has 11 heavy (non-hydrogen) atoms. The third-order valence-electron chi connectivity index (χ3n) is 1.63. The van der Waals surface area contributed by atoms with Crippen LogP contribution in [0, 0.1) is 0 Å². The van der Waals surface area contributed by atoms with E-state index < -0.39 is 6.10 Å². The molecular formula is C6H13ClN2O2. The van der Waals surface area contributed by atoms with Crippen molar-refractivity contribution in [1.82, 2.24) is 0 Å². The minimum atomic E-state index is -0.403. The molecule has 0 aromatic rings. The molecule has 1 aliphatic rings. The first-order valence-electron chi connectivity index (χ1n) is 3.36. The van der Waals surface area contributed by atoms with Gasteiger partial charge in [-0.1, -0.05) is 0 Å². The average Bonchev–Trinajstić information content (AvgIpc) is 1.88. The molecule has 1 fully saturated rings. The van der Waals surface area contributed by atoms with E-state index in [1.54, 1.807) is 0 Å². The molecule has 0 radical (unpaired) electrons. The van der Waals surface area contributed by atoms with E-state index in [9.17, 15) is 4.79 Å². The van der Waals surface area contributed by atoms with Crippen LogP contribution in [0.15, 0.2) is 0 Å². The van der Waals surface area contributed by atoms with Gasteiger partial charge < -0.3 is 16.2 Å². The minimum Gasteiger partial charge on any atom is -0.367 e. The van der Waals surface area contributed by atoms with E-state index >= 15 is 0 Å². The number of carbonyl (C=O) groups excluding carboxylic acids is 1. The lowest BCUT2D eigenvalue weighted by Gasteiger charge is -2.24. The summed E-state index contributed by atoms with van der Waals surface area (Å²) in [7, 11) is 0. The molecule has 5 heteroatoms. The molecule has 66 valence electrons. The Kier molecular flexibility index (Phi) is 4.40. The van der Waals surface area contributed by atoms with Crippen molar-refractivity contribution in [3.05, 3.63) is 0 Å². The van der Waals surface area contributed by atoms with E-state index in [0.717, 1.165) is 6.42 Å². The molecule has 1 aliphatic heterocycles. The van der Waals surface area contributed by atoms with Gasteiger partial charge in [0.2, 0.25) is 5.91 Å². The van der Waals surface area contributed by atoms with Crippen LogP contribution in [-0.4, -0.2) is 24.7 Å². The molecule has 4 N–H and O–H groups in total. The van der Waals surface area contributed by atoms with Crippen molar-refractivity contribution in [3.8, 4) is 0 Å². The molecule has 1 saturated heterocycles.